The molecule has 136 valence electrons. The lowest BCUT2D eigenvalue weighted by Gasteiger charge is -2.23. The van der Waals surface area contributed by atoms with Crippen LogP contribution in [0.25, 0.3) is 16.6 Å². The van der Waals surface area contributed by atoms with Crippen LogP contribution in [0.3, 0.4) is 0 Å². The van der Waals surface area contributed by atoms with Gasteiger partial charge in [-0.1, -0.05) is 36.4 Å². The number of aromatic nitrogens is 2. The molecule has 0 amide bonds. The van der Waals surface area contributed by atoms with Gasteiger partial charge in [0.25, 0.3) is 0 Å². The molecule has 1 aromatic heterocycles. The Morgan fingerprint density at radius 2 is 1.63 bits per heavy atom. The molecule has 27 heavy (non-hydrogen) atoms. The van der Waals surface area contributed by atoms with E-state index in [2.05, 4.69) is 11.2 Å². The minimum Gasteiger partial charge on any atom is -0.389 e. The molecule has 0 fully saturated rings. The fourth-order valence-electron chi connectivity index (χ4n) is 3.52. The molecule has 4 heteroatoms. The molecule has 3 nitrogen and oxygen atoms in total. The van der Waals surface area contributed by atoms with Crippen LogP contribution in [0.4, 0.5) is 4.39 Å². The van der Waals surface area contributed by atoms with Crippen molar-refractivity contribution in [3.05, 3.63) is 95.9 Å². The van der Waals surface area contributed by atoms with Crippen molar-refractivity contribution in [2.75, 3.05) is 0 Å². The van der Waals surface area contributed by atoms with Crippen molar-refractivity contribution >= 4 is 10.9 Å². The largest absolute Gasteiger partial charge is 0.389 e. The van der Waals surface area contributed by atoms with Crippen molar-refractivity contribution in [3.8, 4) is 5.69 Å². The third kappa shape index (κ3) is 3.91. The van der Waals surface area contributed by atoms with E-state index in [1.165, 1.54) is 12.1 Å². The summed E-state index contributed by atoms with van der Waals surface area (Å²) in [7, 11) is 0. The van der Waals surface area contributed by atoms with Gasteiger partial charge in [0, 0.05) is 18.2 Å². The molecule has 3 aromatic carbocycles. The van der Waals surface area contributed by atoms with Gasteiger partial charge >= 0.3 is 0 Å². The van der Waals surface area contributed by atoms with Crippen LogP contribution in [-0.2, 0) is 12.8 Å². The third-order valence-electron chi connectivity index (χ3n) is 4.72. The second-order valence-electron chi connectivity index (χ2n) is 7.26. The monoisotopic (exact) mass is 360 g/mol. The summed E-state index contributed by atoms with van der Waals surface area (Å²) < 4.78 is 14.9. The molecule has 0 radical (unpaired) electrons. The van der Waals surface area contributed by atoms with Crippen LogP contribution in [-0.4, -0.2) is 20.5 Å². The van der Waals surface area contributed by atoms with E-state index in [1.54, 1.807) is 23.0 Å². The molecule has 0 aliphatic heterocycles. The summed E-state index contributed by atoms with van der Waals surface area (Å²) in [6.45, 7) is 1.87. The number of fused-ring (bicyclic) bond motifs is 1. The van der Waals surface area contributed by atoms with Crippen LogP contribution in [0.5, 0.6) is 0 Å². The zero-order valence-electron chi connectivity index (χ0n) is 15.1. The van der Waals surface area contributed by atoms with Crippen molar-refractivity contribution in [2.45, 2.75) is 25.4 Å². The van der Waals surface area contributed by atoms with Crippen LogP contribution in [0.15, 0.2) is 79.0 Å². The summed E-state index contributed by atoms with van der Waals surface area (Å²) in [6.07, 6.45) is 2.95. The Morgan fingerprint density at radius 3 is 2.37 bits per heavy atom. The average molecular weight is 360 g/mol. The summed E-state index contributed by atoms with van der Waals surface area (Å²) >= 11 is 0. The fraction of sp³-hybridized carbons (Fsp3) is 0.174. The zero-order chi connectivity index (χ0) is 18.9. The normalized spacial score (nSPS) is 13.6. The highest BCUT2D eigenvalue weighted by Crippen LogP contribution is 2.24. The van der Waals surface area contributed by atoms with Gasteiger partial charge in [0.05, 0.1) is 23.0 Å². The van der Waals surface area contributed by atoms with E-state index < -0.39 is 5.60 Å². The highest BCUT2D eigenvalue weighted by atomic mass is 19.1. The van der Waals surface area contributed by atoms with Crippen LogP contribution in [0.1, 0.15) is 18.1 Å². The Morgan fingerprint density at radius 1 is 0.926 bits per heavy atom. The topological polar surface area (TPSA) is 38.1 Å². The molecule has 4 rings (SSSR count). The van der Waals surface area contributed by atoms with Crippen molar-refractivity contribution in [1.82, 2.24) is 9.78 Å². The summed E-state index contributed by atoms with van der Waals surface area (Å²) in [4.78, 5) is 0. The molecule has 0 aliphatic carbocycles. The van der Waals surface area contributed by atoms with Gasteiger partial charge in [0.1, 0.15) is 5.82 Å². The van der Waals surface area contributed by atoms with E-state index in [-0.39, 0.29) is 5.82 Å². The quantitative estimate of drug-likeness (QED) is 0.560. The smallest absolute Gasteiger partial charge is 0.123 e. The minimum atomic E-state index is -0.831. The van der Waals surface area contributed by atoms with Gasteiger partial charge in [-0.25, -0.2) is 9.07 Å². The van der Waals surface area contributed by atoms with E-state index in [9.17, 15) is 9.50 Å². The standard InChI is InChI=1S/C23H21FN2O/c1-23(27,14-17-5-3-2-4-6-17)15-18-7-12-22-19(13-18)16-25-26(22)21-10-8-20(24)9-11-21/h2-13,16,27H,14-15H2,1H3. The molecule has 1 unspecified atom stereocenters. The van der Waals surface area contributed by atoms with Gasteiger partial charge in [-0.2, -0.15) is 5.10 Å². The summed E-state index contributed by atoms with van der Waals surface area (Å²) in [6, 6.07) is 22.4. The minimum absolute atomic E-state index is 0.266. The number of rotatable bonds is 5. The second-order valence-corrected chi connectivity index (χ2v) is 7.26. The molecule has 0 aliphatic rings. The van der Waals surface area contributed by atoms with Gasteiger partial charge in [-0.3, -0.25) is 0 Å². The summed E-state index contributed by atoms with van der Waals surface area (Å²) in [5.41, 5.74) is 3.11. The second kappa shape index (κ2) is 6.97. The lowest BCUT2D eigenvalue weighted by molar-refractivity contribution is 0.0609. The number of halogens is 1. The molecule has 4 aromatic rings. The first-order valence-electron chi connectivity index (χ1n) is 8.99. The van der Waals surface area contributed by atoms with Gasteiger partial charge in [-0.15, -0.1) is 0 Å². The van der Waals surface area contributed by atoms with E-state index in [1.807, 2.05) is 49.4 Å². The molecule has 0 bridgehead atoms. The third-order valence-corrected chi connectivity index (χ3v) is 4.72. The van der Waals surface area contributed by atoms with Gasteiger partial charge < -0.3 is 5.11 Å². The maximum absolute atomic E-state index is 13.2. The Bertz CT molecular complexity index is 1050. The SMILES string of the molecule is CC(O)(Cc1ccccc1)Cc1ccc2c(cnn2-c2ccc(F)cc2)c1. The zero-order valence-corrected chi connectivity index (χ0v) is 15.1. The molecule has 0 saturated heterocycles. The molecule has 1 heterocycles. The predicted molar refractivity (Wildman–Crippen MR) is 106 cm³/mol. The van der Waals surface area contributed by atoms with Crippen LogP contribution >= 0.6 is 0 Å². The Hall–Kier alpha value is -2.98. The maximum atomic E-state index is 13.2. The highest BCUT2D eigenvalue weighted by molar-refractivity contribution is 5.81. The van der Waals surface area contributed by atoms with E-state index in [0.717, 1.165) is 27.7 Å². The van der Waals surface area contributed by atoms with Crippen LogP contribution < -0.4 is 0 Å². The number of hydrogen-bond acceptors (Lipinski definition) is 2. The first-order chi connectivity index (χ1) is 13.0. The number of aliphatic hydroxyl groups is 1. The van der Waals surface area contributed by atoms with Crippen molar-refractivity contribution < 1.29 is 9.50 Å². The van der Waals surface area contributed by atoms with Gasteiger partial charge in [0.2, 0.25) is 0 Å². The Kier molecular flexibility index (Phi) is 4.50. The van der Waals surface area contributed by atoms with E-state index >= 15 is 0 Å². The van der Waals surface area contributed by atoms with Gasteiger partial charge in [-0.05, 0) is 54.4 Å². The predicted octanol–water partition coefficient (Wildman–Crippen LogP) is 4.70. The van der Waals surface area contributed by atoms with Crippen molar-refractivity contribution in [1.29, 1.82) is 0 Å². The lowest BCUT2D eigenvalue weighted by Crippen LogP contribution is -2.30. The Labute approximate surface area is 157 Å². The fourth-order valence-corrected chi connectivity index (χ4v) is 3.52. The average Bonchev–Trinajstić information content (AvgIpc) is 3.05. The molecular formula is C23H21FN2O. The maximum Gasteiger partial charge on any atom is 0.123 e. The van der Waals surface area contributed by atoms with Crippen molar-refractivity contribution in [2.24, 2.45) is 0 Å². The Balaban J connectivity index is 1.58. The number of hydrogen-bond donors (Lipinski definition) is 1. The molecule has 0 spiro atoms. The molecule has 1 atom stereocenters. The number of benzene rings is 3. The first kappa shape index (κ1) is 17.4. The summed E-state index contributed by atoms with van der Waals surface area (Å²) in [5, 5.41) is 16.3. The van der Waals surface area contributed by atoms with E-state index in [0.29, 0.717) is 12.8 Å². The summed E-state index contributed by atoms with van der Waals surface area (Å²) in [5.74, 6) is -0.266. The van der Waals surface area contributed by atoms with Crippen molar-refractivity contribution in [3.63, 3.8) is 0 Å². The van der Waals surface area contributed by atoms with Gasteiger partial charge in [0.15, 0.2) is 0 Å². The molecular weight excluding hydrogens is 339 g/mol. The van der Waals surface area contributed by atoms with Crippen LogP contribution in [0, 0.1) is 5.82 Å². The van der Waals surface area contributed by atoms with Crippen LogP contribution in [0.2, 0.25) is 0 Å². The number of nitrogens with zero attached hydrogens (tertiary/aromatic N) is 2. The molecule has 1 N–H and O–H groups in total. The highest BCUT2D eigenvalue weighted by Gasteiger charge is 2.22. The molecule has 0 saturated carbocycles. The first-order valence-corrected chi connectivity index (χ1v) is 8.99. The lowest BCUT2D eigenvalue weighted by atomic mass is 9.89. The van der Waals surface area contributed by atoms with E-state index in [4.69, 9.17) is 0 Å².